The van der Waals surface area contributed by atoms with Gasteiger partial charge in [-0.25, -0.2) is 17.6 Å². The summed E-state index contributed by atoms with van der Waals surface area (Å²) < 4.78 is 48.4. The van der Waals surface area contributed by atoms with Crippen LogP contribution in [0.25, 0.3) is 5.70 Å². The highest BCUT2D eigenvalue weighted by molar-refractivity contribution is 8.04. The summed E-state index contributed by atoms with van der Waals surface area (Å²) in [4.78, 5) is 60.3. The number of thioether (sulfide) groups is 1. The summed E-state index contributed by atoms with van der Waals surface area (Å²) in [5.74, 6) is -2.61. The molecule has 13 nitrogen and oxygen atoms in total. The van der Waals surface area contributed by atoms with Gasteiger partial charge in [0.1, 0.15) is 29.0 Å². The van der Waals surface area contributed by atoms with E-state index in [4.69, 9.17) is 4.74 Å². The van der Waals surface area contributed by atoms with Crippen LogP contribution in [0.3, 0.4) is 0 Å². The van der Waals surface area contributed by atoms with Crippen molar-refractivity contribution in [2.75, 3.05) is 6.54 Å². The molecule has 0 radical (unpaired) electrons. The smallest absolute Gasteiger partial charge is 0.410 e. The third-order valence-electron chi connectivity index (χ3n) is 11.6. The van der Waals surface area contributed by atoms with Gasteiger partial charge in [0.15, 0.2) is 0 Å². The molecule has 16 heteroatoms. The van der Waals surface area contributed by atoms with Crippen molar-refractivity contribution in [1.29, 1.82) is 0 Å². The number of sulfonamides is 1. The lowest BCUT2D eigenvalue weighted by atomic mass is 10.0. The Bertz CT molecular complexity index is 2080. The summed E-state index contributed by atoms with van der Waals surface area (Å²) in [6.07, 6.45) is 7.01. The van der Waals surface area contributed by atoms with Crippen LogP contribution in [0.1, 0.15) is 81.4 Å². The first-order chi connectivity index (χ1) is 26.9. The number of hydrogen-bond donors (Lipinski definition) is 4. The molecule has 0 spiro atoms. The normalized spacial score (nSPS) is 29.9. The third-order valence-corrected chi connectivity index (χ3v) is 14.5. The molecular weight excluding hydrogens is 760 g/mol. The van der Waals surface area contributed by atoms with Crippen molar-refractivity contribution in [3.05, 3.63) is 88.1 Å². The lowest BCUT2D eigenvalue weighted by Gasteiger charge is -2.31. The summed E-state index contributed by atoms with van der Waals surface area (Å²) in [5, 5.41) is 9.28. The highest BCUT2D eigenvalue weighted by Crippen LogP contribution is 2.46. The molecular formula is C40H47FN6O7S2. The Morgan fingerprint density at radius 3 is 2.59 bits per heavy atom. The maximum absolute atomic E-state index is 14.7. The van der Waals surface area contributed by atoms with E-state index in [1.165, 1.54) is 15.9 Å². The molecule has 4 aliphatic heterocycles. The van der Waals surface area contributed by atoms with Crippen molar-refractivity contribution in [2.45, 2.75) is 112 Å². The Morgan fingerprint density at radius 1 is 1.02 bits per heavy atom. The van der Waals surface area contributed by atoms with Crippen LogP contribution >= 0.6 is 11.8 Å². The first kappa shape index (κ1) is 38.5. The fraction of sp³-hybridized carbons (Fsp3) is 0.500. The van der Waals surface area contributed by atoms with Crippen LogP contribution in [0, 0.1) is 11.7 Å². The van der Waals surface area contributed by atoms with Gasteiger partial charge in [-0.2, -0.15) is 0 Å². The lowest BCUT2D eigenvalue weighted by Crippen LogP contribution is -2.58. The zero-order chi connectivity index (χ0) is 39.2. The van der Waals surface area contributed by atoms with E-state index in [0.717, 1.165) is 41.8 Å². The molecule has 2 saturated carbocycles. The van der Waals surface area contributed by atoms with E-state index in [2.05, 4.69) is 20.7 Å². The molecule has 4 N–H and O–H groups in total. The van der Waals surface area contributed by atoms with Crippen LogP contribution in [0.15, 0.2) is 65.6 Å². The molecule has 4 amide bonds. The quantitative estimate of drug-likeness (QED) is 0.298. The number of amides is 4. The van der Waals surface area contributed by atoms with Crippen molar-refractivity contribution in [3.8, 4) is 0 Å². The number of hydrogen-bond acceptors (Lipinski definition) is 10. The fourth-order valence-corrected chi connectivity index (χ4v) is 10.7. The molecule has 8 rings (SSSR count). The summed E-state index contributed by atoms with van der Waals surface area (Å²) in [5.41, 5.74) is 1.25. The average Bonchev–Trinajstić information content (AvgIpc) is 4.01. The predicted octanol–water partition coefficient (Wildman–Crippen LogP) is 4.22. The number of carbonyl (C=O) groups is 4. The summed E-state index contributed by atoms with van der Waals surface area (Å²) in [7, 11) is -3.90. The van der Waals surface area contributed by atoms with E-state index in [-0.39, 0.29) is 43.9 Å². The van der Waals surface area contributed by atoms with Gasteiger partial charge in [0.25, 0.3) is 5.91 Å². The summed E-state index contributed by atoms with van der Waals surface area (Å²) >= 11 is 1.57. The summed E-state index contributed by atoms with van der Waals surface area (Å²) in [6, 6.07) is 12.8. The molecule has 4 heterocycles. The second kappa shape index (κ2) is 15.5. The van der Waals surface area contributed by atoms with Crippen molar-refractivity contribution in [1.82, 2.24) is 30.5 Å². The zero-order valence-electron chi connectivity index (χ0n) is 31.2. The van der Waals surface area contributed by atoms with E-state index in [0.29, 0.717) is 30.4 Å². The SMILES string of the molecule is CC1=C(c2ccccc2)NC(NC2CCCCC/C=C\C3CC3(C(=O)NS(=O)(=O)C3CC3)NC(=O)C3C[C@@H](OC(=O)N4Cc5cccc(F)c5C4)CN3C2=O)S1. The van der Waals surface area contributed by atoms with E-state index < -0.39 is 68.6 Å². The molecule has 56 heavy (non-hydrogen) atoms. The first-order valence-electron chi connectivity index (χ1n) is 19.4. The Labute approximate surface area is 330 Å². The molecule has 0 aromatic heterocycles. The van der Waals surface area contributed by atoms with Gasteiger partial charge in [0, 0.05) is 29.4 Å². The topological polar surface area (TPSA) is 166 Å². The monoisotopic (exact) mass is 806 g/mol. The van der Waals surface area contributed by atoms with E-state index in [9.17, 15) is 32.0 Å². The van der Waals surface area contributed by atoms with Gasteiger partial charge in [0.05, 0.1) is 30.1 Å². The minimum Gasteiger partial charge on any atom is -0.444 e. The maximum Gasteiger partial charge on any atom is 0.410 e. The van der Waals surface area contributed by atoms with Gasteiger partial charge >= 0.3 is 6.09 Å². The molecule has 1 saturated heterocycles. The minimum absolute atomic E-state index is 0.0346. The Kier molecular flexibility index (Phi) is 10.6. The standard InChI is InChI=1S/C40H47FN6O7S2/c1-24-34(25-11-6-5-7-12-25)43-38(55-24)42-32-16-9-4-2-3-8-14-27-20-40(27,37(50)45-56(52,53)29-17-18-29)44-35(48)33-19-28(22-47(33)36(32)49)54-39(51)46-21-26-13-10-15-31(41)30(26)23-46/h5-8,10-15,27-29,32-33,38,42-43H,2-4,9,16-23H2,1H3,(H,44,48)(H,45,50)/b14-8-/t27?,28-,32?,33?,38?,40?/m1/s1. The van der Waals surface area contributed by atoms with Crippen LogP contribution in [-0.4, -0.2) is 83.1 Å². The molecule has 6 aliphatic rings. The second-order valence-corrected chi connectivity index (χ2v) is 18.9. The molecule has 6 atom stereocenters. The number of allylic oxidation sites excluding steroid dienone is 2. The van der Waals surface area contributed by atoms with Crippen LogP contribution in [-0.2, 0) is 42.2 Å². The van der Waals surface area contributed by atoms with Gasteiger partial charge in [-0.1, -0.05) is 79.2 Å². The largest absolute Gasteiger partial charge is 0.444 e. The van der Waals surface area contributed by atoms with Crippen LogP contribution in [0.5, 0.6) is 0 Å². The Balaban J connectivity index is 1.04. The van der Waals surface area contributed by atoms with Gasteiger partial charge in [-0.05, 0) is 62.6 Å². The number of rotatable bonds is 7. The molecule has 2 aromatic carbocycles. The van der Waals surface area contributed by atoms with Crippen molar-refractivity contribution in [2.24, 2.45) is 5.92 Å². The Hall–Kier alpha value is -4.41. The van der Waals surface area contributed by atoms with Crippen LogP contribution in [0.2, 0.25) is 0 Å². The van der Waals surface area contributed by atoms with Crippen molar-refractivity contribution < 1.29 is 36.7 Å². The highest BCUT2D eigenvalue weighted by atomic mass is 32.2. The number of nitrogens with zero attached hydrogens (tertiary/aromatic N) is 2. The molecule has 3 fully saturated rings. The molecule has 0 bridgehead atoms. The summed E-state index contributed by atoms with van der Waals surface area (Å²) in [6.45, 7) is 2.14. The van der Waals surface area contributed by atoms with Gasteiger partial charge in [-0.15, -0.1) is 0 Å². The lowest BCUT2D eigenvalue weighted by molar-refractivity contribution is -0.141. The Morgan fingerprint density at radius 2 is 1.82 bits per heavy atom. The first-order valence-corrected chi connectivity index (χ1v) is 21.9. The van der Waals surface area contributed by atoms with E-state index in [1.807, 2.05) is 49.4 Å². The predicted molar refractivity (Wildman–Crippen MR) is 208 cm³/mol. The number of carbonyl (C=O) groups excluding carboxylic acids is 4. The highest BCUT2D eigenvalue weighted by Gasteiger charge is 2.62. The zero-order valence-corrected chi connectivity index (χ0v) is 32.8. The van der Waals surface area contributed by atoms with Gasteiger partial charge in [-0.3, -0.25) is 29.3 Å². The minimum atomic E-state index is -3.90. The number of ether oxygens (including phenoxy) is 1. The number of nitrogens with one attached hydrogen (secondary N) is 4. The van der Waals surface area contributed by atoms with Crippen LogP contribution < -0.4 is 20.7 Å². The number of halogens is 1. The van der Waals surface area contributed by atoms with E-state index in [1.54, 1.807) is 23.9 Å². The maximum atomic E-state index is 14.7. The molecule has 2 aromatic rings. The van der Waals surface area contributed by atoms with Crippen molar-refractivity contribution >= 4 is 51.3 Å². The van der Waals surface area contributed by atoms with Gasteiger partial charge < -0.3 is 20.3 Å². The second-order valence-electron chi connectivity index (χ2n) is 15.7. The van der Waals surface area contributed by atoms with Crippen molar-refractivity contribution in [3.63, 3.8) is 0 Å². The van der Waals surface area contributed by atoms with E-state index >= 15 is 0 Å². The van der Waals surface area contributed by atoms with Gasteiger partial charge in [0.2, 0.25) is 21.8 Å². The molecule has 5 unspecified atom stereocenters. The van der Waals surface area contributed by atoms with Crippen LogP contribution in [0.4, 0.5) is 9.18 Å². The molecule has 298 valence electrons. The third kappa shape index (κ3) is 7.92. The fourth-order valence-electron chi connectivity index (χ4n) is 8.24. The number of benzene rings is 2. The molecule has 2 aliphatic carbocycles. The average molecular weight is 807 g/mol. The number of fused-ring (bicyclic) bond motifs is 3.